The average molecular weight is 255 g/mol. The maximum absolute atomic E-state index is 9.00. The molecular weight excluding hydrogens is 247 g/mol. The molecule has 49 valence electrons. The quantitative estimate of drug-likeness (QED) is 0.566. The normalized spacial score (nSPS) is 3.57. The summed E-state index contributed by atoms with van der Waals surface area (Å²) in [5, 5.41) is 7.42. The summed E-state index contributed by atoms with van der Waals surface area (Å²) in [6.07, 6.45) is 0. The molecule has 0 saturated heterocycles. The van der Waals surface area contributed by atoms with Gasteiger partial charge in [-0.3, -0.25) is 4.79 Å². The molecule has 0 saturated carbocycles. The summed E-state index contributed by atoms with van der Waals surface area (Å²) in [6.45, 7) is 1.08. The molecule has 0 spiro atoms. The summed E-state index contributed by atoms with van der Waals surface area (Å²) >= 11 is 0. The van der Waals surface area contributed by atoms with Crippen LogP contribution in [0.3, 0.4) is 0 Å². The van der Waals surface area contributed by atoms with Gasteiger partial charge in [0.25, 0.3) is 5.97 Å². The molecule has 5 heteroatoms. The molecule has 5 N–H and O–H groups in total. The Balaban J connectivity index is -0.0000000150. The van der Waals surface area contributed by atoms with E-state index in [9.17, 15) is 0 Å². The molecule has 0 atom stereocenters. The van der Waals surface area contributed by atoms with Crippen LogP contribution in [0.25, 0.3) is 0 Å². The van der Waals surface area contributed by atoms with Crippen LogP contribution in [0.5, 0.6) is 0 Å². The molecule has 0 heterocycles. The Kier molecular flexibility index (Phi) is 57.6. The third-order valence-electron chi connectivity index (χ3n) is 0. The Hall–Kier alpha value is 0.676. The minimum absolute atomic E-state index is 0. The first kappa shape index (κ1) is 25.3. The van der Waals surface area contributed by atoms with Crippen LogP contribution in [-0.2, 0) is 4.79 Å². The maximum atomic E-state index is 9.00. The van der Waals surface area contributed by atoms with Crippen LogP contribution >= 0.6 is 0 Å². The first-order valence-corrected chi connectivity index (χ1v) is 0.928. The van der Waals surface area contributed by atoms with Gasteiger partial charge in [-0.25, -0.2) is 0 Å². The van der Waals surface area contributed by atoms with E-state index in [-0.39, 0.29) is 49.6 Å². The topological polar surface area (TPSA) is 100 Å². The van der Waals surface area contributed by atoms with E-state index in [1.165, 1.54) is 0 Å². The molecule has 0 fully saturated rings. The van der Waals surface area contributed by atoms with Gasteiger partial charge in [0.2, 0.25) is 0 Å². The van der Waals surface area contributed by atoms with Crippen molar-refractivity contribution >= 4 is 5.97 Å². The van der Waals surface area contributed by atoms with E-state index in [1.54, 1.807) is 0 Å². The molecule has 4 nitrogen and oxygen atoms in total. The zero-order valence-corrected chi connectivity index (χ0v) is 5.83. The van der Waals surface area contributed by atoms with Gasteiger partial charge in [-0.2, -0.15) is 0 Å². The molecule has 0 rings (SSSR count). The van der Waals surface area contributed by atoms with E-state index in [2.05, 4.69) is 0 Å². The predicted molar refractivity (Wildman–Crippen MR) is 20.5 cm³/mol. The van der Waals surface area contributed by atoms with Gasteiger partial charge in [-0.15, -0.1) is 0 Å². The maximum Gasteiger partial charge on any atom is 0.300 e. The minimum atomic E-state index is -0.833. The van der Waals surface area contributed by atoms with Gasteiger partial charge >= 0.3 is 0 Å². The van der Waals surface area contributed by atoms with Crippen molar-refractivity contribution in [1.82, 2.24) is 0 Å². The van der Waals surface area contributed by atoms with Crippen molar-refractivity contribution in [2.75, 3.05) is 0 Å². The van der Waals surface area contributed by atoms with E-state index < -0.39 is 5.97 Å². The average Bonchev–Trinajstić information content (AvgIpc) is 0.811. The molecule has 0 aliphatic heterocycles. The first-order chi connectivity index (χ1) is 1.73. The molecule has 0 aliphatic carbocycles. The molecule has 1 radical (unpaired) electrons. The van der Waals surface area contributed by atoms with Gasteiger partial charge in [0.05, 0.1) is 0 Å². The molecule has 0 unspecified atom stereocenters. The van der Waals surface area contributed by atoms with E-state index in [0.717, 1.165) is 6.92 Å². The molecule has 0 aromatic heterocycles. The SMILES string of the molecule is CC(=O)O.O.O.[Tb]. The number of hydrogen-bond acceptors (Lipinski definition) is 1. The fourth-order valence-electron chi connectivity index (χ4n) is 0. The standard InChI is InChI=1S/C2H4O2.2H2O.Tb/c1-2(3)4;;;/h1H3,(H,3,4);2*1H2;. The molecule has 0 aromatic rings. The van der Waals surface area contributed by atoms with Crippen molar-refractivity contribution in [1.29, 1.82) is 0 Å². The van der Waals surface area contributed by atoms with Crippen LogP contribution in [0.2, 0.25) is 0 Å². The Morgan fingerprint density at radius 3 is 1.43 bits per heavy atom. The molecular formula is C2H8O4Tb. The number of aliphatic carboxylic acids is 1. The Morgan fingerprint density at radius 1 is 1.43 bits per heavy atom. The zero-order chi connectivity index (χ0) is 3.58. The summed E-state index contributed by atoms with van der Waals surface area (Å²) < 4.78 is 0. The van der Waals surface area contributed by atoms with Crippen molar-refractivity contribution in [2.24, 2.45) is 0 Å². The third-order valence-corrected chi connectivity index (χ3v) is 0. The summed E-state index contributed by atoms with van der Waals surface area (Å²) in [7, 11) is 0. The summed E-state index contributed by atoms with van der Waals surface area (Å²) in [5.41, 5.74) is 0. The van der Waals surface area contributed by atoms with E-state index in [0.29, 0.717) is 0 Å². The number of hydrogen-bond donors (Lipinski definition) is 1. The van der Waals surface area contributed by atoms with Crippen molar-refractivity contribution in [3.05, 3.63) is 0 Å². The summed E-state index contributed by atoms with van der Waals surface area (Å²) in [6, 6.07) is 0. The number of rotatable bonds is 0. The fourth-order valence-corrected chi connectivity index (χ4v) is 0. The molecule has 0 aromatic carbocycles. The summed E-state index contributed by atoms with van der Waals surface area (Å²) in [5.74, 6) is -0.833. The van der Waals surface area contributed by atoms with E-state index >= 15 is 0 Å². The van der Waals surface area contributed by atoms with Crippen LogP contribution < -0.4 is 0 Å². The Bertz CT molecular complexity index is 32.7. The molecule has 0 amide bonds. The first-order valence-electron chi connectivity index (χ1n) is 0.928. The van der Waals surface area contributed by atoms with E-state index in [1.807, 2.05) is 0 Å². The third kappa shape index (κ3) is 320. The van der Waals surface area contributed by atoms with Gasteiger partial charge in [-0.1, -0.05) is 0 Å². The van der Waals surface area contributed by atoms with Gasteiger partial charge in [0.1, 0.15) is 0 Å². The van der Waals surface area contributed by atoms with Crippen LogP contribution in [0.4, 0.5) is 0 Å². The second-order valence-electron chi connectivity index (χ2n) is 0.519. The predicted octanol–water partition coefficient (Wildman–Crippen LogP) is -1.56. The zero-order valence-electron chi connectivity index (χ0n) is 3.69. The number of carboxylic acid groups (broad SMARTS) is 1. The van der Waals surface area contributed by atoms with Crippen LogP contribution in [0.15, 0.2) is 0 Å². The second-order valence-corrected chi connectivity index (χ2v) is 0.519. The van der Waals surface area contributed by atoms with Crippen molar-refractivity contribution < 1.29 is 59.5 Å². The van der Waals surface area contributed by atoms with Crippen molar-refractivity contribution in [3.8, 4) is 0 Å². The van der Waals surface area contributed by atoms with Gasteiger partial charge in [0, 0.05) is 45.5 Å². The van der Waals surface area contributed by atoms with Crippen molar-refractivity contribution in [3.63, 3.8) is 0 Å². The monoisotopic (exact) mass is 255 g/mol. The van der Waals surface area contributed by atoms with Crippen LogP contribution in [0.1, 0.15) is 6.92 Å². The molecule has 0 bridgehead atoms. The molecule has 7 heavy (non-hydrogen) atoms. The molecule has 0 aliphatic rings. The Labute approximate surface area is 72.0 Å². The second kappa shape index (κ2) is 15.9. The van der Waals surface area contributed by atoms with Gasteiger partial charge < -0.3 is 16.1 Å². The van der Waals surface area contributed by atoms with Gasteiger partial charge in [0.15, 0.2) is 0 Å². The number of carbonyl (C=O) groups is 1. The summed E-state index contributed by atoms with van der Waals surface area (Å²) in [4.78, 5) is 9.00. The van der Waals surface area contributed by atoms with Crippen LogP contribution in [-0.4, -0.2) is 22.0 Å². The smallest absolute Gasteiger partial charge is 0.300 e. The van der Waals surface area contributed by atoms with E-state index in [4.69, 9.17) is 9.90 Å². The number of carboxylic acids is 1. The minimum Gasteiger partial charge on any atom is -0.481 e. The Morgan fingerprint density at radius 2 is 1.43 bits per heavy atom. The van der Waals surface area contributed by atoms with Gasteiger partial charge in [-0.05, 0) is 0 Å². The van der Waals surface area contributed by atoms with Crippen LogP contribution in [0, 0.1) is 38.6 Å². The largest absolute Gasteiger partial charge is 0.481 e. The van der Waals surface area contributed by atoms with Crippen molar-refractivity contribution in [2.45, 2.75) is 6.92 Å². The fraction of sp³-hybridized carbons (Fsp3) is 0.500.